The summed E-state index contributed by atoms with van der Waals surface area (Å²) in [4.78, 5) is 22.5. The van der Waals surface area contributed by atoms with Crippen LogP contribution in [0.5, 0.6) is 0 Å². The highest BCUT2D eigenvalue weighted by molar-refractivity contribution is 7.90. The Morgan fingerprint density at radius 2 is 2.05 bits per heavy atom. The van der Waals surface area contributed by atoms with Gasteiger partial charge in [0, 0.05) is 43.2 Å². The molecule has 0 saturated carbocycles. The monoisotopic (exact) mass is 286 g/mol. The smallest absolute Gasteiger partial charge is 0.270 e. The minimum Gasteiger partial charge on any atom is -0.373 e. The molecule has 0 spiro atoms. The fraction of sp³-hybridized carbons (Fsp3) is 0.364. The lowest BCUT2D eigenvalue weighted by atomic mass is 10.1. The quantitative estimate of drug-likeness (QED) is 0.437. The van der Waals surface area contributed by atoms with Gasteiger partial charge in [-0.25, -0.2) is 8.42 Å². The number of nitro groups is 1. The summed E-state index contributed by atoms with van der Waals surface area (Å²) in [6, 6.07) is 3.88. The van der Waals surface area contributed by atoms with Crippen molar-refractivity contribution in [3.63, 3.8) is 0 Å². The topological polar surface area (TPSA) is 97.6 Å². The molecule has 7 nitrogen and oxygen atoms in total. The molecule has 0 fully saturated rings. The van der Waals surface area contributed by atoms with E-state index >= 15 is 0 Å². The number of carbonyl (C=O) groups excluding carboxylic acids is 1. The van der Waals surface area contributed by atoms with Crippen LogP contribution >= 0.6 is 0 Å². The maximum Gasteiger partial charge on any atom is 0.270 e. The van der Waals surface area contributed by atoms with Gasteiger partial charge in [0.2, 0.25) is 0 Å². The van der Waals surface area contributed by atoms with Crippen molar-refractivity contribution in [3.05, 3.63) is 33.9 Å². The molecule has 0 aliphatic heterocycles. The molecule has 0 atom stereocenters. The van der Waals surface area contributed by atoms with Crippen molar-refractivity contribution in [2.75, 3.05) is 30.5 Å². The largest absolute Gasteiger partial charge is 0.373 e. The van der Waals surface area contributed by atoms with Crippen LogP contribution < -0.4 is 4.90 Å². The van der Waals surface area contributed by atoms with Gasteiger partial charge in [-0.1, -0.05) is 0 Å². The lowest BCUT2D eigenvalue weighted by Crippen LogP contribution is -2.25. The van der Waals surface area contributed by atoms with Crippen molar-refractivity contribution >= 4 is 27.5 Å². The zero-order chi connectivity index (χ0) is 14.6. The highest BCUT2D eigenvalue weighted by atomic mass is 32.2. The third-order valence-electron chi connectivity index (χ3n) is 2.56. The molecule has 1 rings (SSSR count). The number of carbonyl (C=O) groups is 1. The first-order valence-corrected chi connectivity index (χ1v) is 7.43. The molecule has 0 aliphatic carbocycles. The van der Waals surface area contributed by atoms with E-state index in [1.165, 1.54) is 18.2 Å². The predicted octanol–water partition coefficient (Wildman–Crippen LogP) is 0.888. The number of hydrogen-bond acceptors (Lipinski definition) is 6. The van der Waals surface area contributed by atoms with E-state index in [-0.39, 0.29) is 23.5 Å². The molecule has 1 aromatic carbocycles. The minimum absolute atomic E-state index is 0.0568. The van der Waals surface area contributed by atoms with Crippen LogP contribution in [0, 0.1) is 10.1 Å². The Balaban J connectivity index is 3.00. The Labute approximate surface area is 110 Å². The average Bonchev–Trinajstić information content (AvgIpc) is 2.34. The van der Waals surface area contributed by atoms with Crippen LogP contribution in [0.25, 0.3) is 0 Å². The van der Waals surface area contributed by atoms with Gasteiger partial charge in [-0.15, -0.1) is 0 Å². The molecular formula is C11H14N2O5S. The van der Waals surface area contributed by atoms with Crippen LogP contribution in [0.3, 0.4) is 0 Å². The van der Waals surface area contributed by atoms with Gasteiger partial charge in [-0.3, -0.25) is 14.9 Å². The third kappa shape index (κ3) is 4.32. The maximum absolute atomic E-state index is 11.1. The molecule has 0 N–H and O–H groups in total. The normalized spacial score (nSPS) is 11.1. The lowest BCUT2D eigenvalue weighted by molar-refractivity contribution is -0.384. The van der Waals surface area contributed by atoms with Crippen LogP contribution in [0.2, 0.25) is 0 Å². The second-order valence-electron chi connectivity index (χ2n) is 4.17. The minimum atomic E-state index is -3.11. The second-order valence-corrected chi connectivity index (χ2v) is 6.43. The number of sulfone groups is 1. The summed E-state index contributed by atoms with van der Waals surface area (Å²) in [5.74, 6) is -0.0568. The number of aldehydes is 1. The Morgan fingerprint density at radius 1 is 1.42 bits per heavy atom. The van der Waals surface area contributed by atoms with Gasteiger partial charge in [0.05, 0.1) is 10.7 Å². The molecule has 0 aromatic heterocycles. The number of non-ortho nitro benzene ring substituents is 1. The molecule has 0 heterocycles. The van der Waals surface area contributed by atoms with Crippen LogP contribution in [0.1, 0.15) is 10.4 Å². The first-order chi connectivity index (χ1) is 8.74. The first kappa shape index (κ1) is 15.1. The van der Waals surface area contributed by atoms with E-state index in [2.05, 4.69) is 0 Å². The van der Waals surface area contributed by atoms with Crippen LogP contribution in [-0.2, 0) is 9.84 Å². The number of rotatable bonds is 6. The Bertz CT molecular complexity index is 597. The molecule has 0 saturated heterocycles. The van der Waals surface area contributed by atoms with E-state index in [4.69, 9.17) is 0 Å². The number of nitro benzene ring substituents is 1. The Hall–Kier alpha value is -1.96. The maximum atomic E-state index is 11.1. The van der Waals surface area contributed by atoms with Crippen molar-refractivity contribution in [1.82, 2.24) is 0 Å². The average molecular weight is 286 g/mol. The van der Waals surface area contributed by atoms with Crippen molar-refractivity contribution < 1.29 is 18.1 Å². The van der Waals surface area contributed by atoms with Gasteiger partial charge in [-0.2, -0.15) is 0 Å². The Morgan fingerprint density at radius 3 is 2.53 bits per heavy atom. The molecule has 0 radical (unpaired) electrons. The van der Waals surface area contributed by atoms with Gasteiger partial charge in [0.15, 0.2) is 6.29 Å². The molecule has 0 aliphatic rings. The van der Waals surface area contributed by atoms with Gasteiger partial charge < -0.3 is 4.90 Å². The summed E-state index contributed by atoms with van der Waals surface area (Å²) in [5, 5.41) is 10.6. The molecule has 0 unspecified atom stereocenters. The highest BCUT2D eigenvalue weighted by Crippen LogP contribution is 2.23. The van der Waals surface area contributed by atoms with Gasteiger partial charge >= 0.3 is 0 Å². The van der Waals surface area contributed by atoms with E-state index in [0.29, 0.717) is 12.0 Å². The fourth-order valence-corrected chi connectivity index (χ4v) is 2.13. The van der Waals surface area contributed by atoms with E-state index in [9.17, 15) is 23.3 Å². The SMILES string of the molecule is CN(CCS(C)(=O)=O)c1ccc([N+](=O)[O-])cc1C=O. The standard InChI is InChI=1S/C11H14N2O5S/c1-12(5-6-19(2,17)18)11-4-3-10(13(15)16)7-9(11)8-14/h3-4,7-8H,5-6H2,1-2H3. The molecule has 8 heteroatoms. The van der Waals surface area contributed by atoms with Crippen molar-refractivity contribution in [3.8, 4) is 0 Å². The molecule has 0 amide bonds. The zero-order valence-electron chi connectivity index (χ0n) is 10.6. The van der Waals surface area contributed by atoms with Gasteiger partial charge in [0.25, 0.3) is 5.69 Å². The summed E-state index contributed by atoms with van der Waals surface area (Å²) in [6.07, 6.45) is 1.64. The zero-order valence-corrected chi connectivity index (χ0v) is 11.4. The van der Waals surface area contributed by atoms with E-state index < -0.39 is 14.8 Å². The summed E-state index contributed by atoms with van der Waals surface area (Å²) < 4.78 is 22.2. The highest BCUT2D eigenvalue weighted by Gasteiger charge is 2.14. The van der Waals surface area contributed by atoms with Gasteiger partial charge in [0.1, 0.15) is 9.84 Å². The summed E-state index contributed by atoms with van der Waals surface area (Å²) >= 11 is 0. The number of hydrogen-bond donors (Lipinski definition) is 0. The van der Waals surface area contributed by atoms with Crippen LogP contribution in [0.15, 0.2) is 18.2 Å². The Kier molecular flexibility index (Phi) is 4.60. The van der Waals surface area contributed by atoms with E-state index in [1.807, 2.05) is 0 Å². The van der Waals surface area contributed by atoms with Crippen molar-refractivity contribution in [2.45, 2.75) is 0 Å². The number of benzene rings is 1. The second kappa shape index (κ2) is 5.79. The summed E-state index contributed by atoms with van der Waals surface area (Å²) in [6.45, 7) is 0.206. The summed E-state index contributed by atoms with van der Waals surface area (Å²) in [5.41, 5.74) is 0.441. The third-order valence-corrected chi connectivity index (χ3v) is 3.48. The first-order valence-electron chi connectivity index (χ1n) is 5.37. The van der Waals surface area contributed by atoms with Crippen LogP contribution in [0.4, 0.5) is 11.4 Å². The van der Waals surface area contributed by atoms with Crippen LogP contribution in [-0.4, -0.2) is 45.2 Å². The summed E-state index contributed by atoms with van der Waals surface area (Å²) in [7, 11) is -1.48. The molecule has 19 heavy (non-hydrogen) atoms. The molecule has 104 valence electrons. The number of anilines is 1. The number of nitrogens with zero attached hydrogens (tertiary/aromatic N) is 2. The molecule has 1 aromatic rings. The fourth-order valence-electron chi connectivity index (χ4n) is 1.52. The van der Waals surface area contributed by atoms with E-state index in [1.54, 1.807) is 11.9 Å². The van der Waals surface area contributed by atoms with Gasteiger partial charge in [-0.05, 0) is 6.07 Å². The predicted molar refractivity (Wildman–Crippen MR) is 71.5 cm³/mol. The molecule has 0 bridgehead atoms. The molecular weight excluding hydrogens is 272 g/mol. The lowest BCUT2D eigenvalue weighted by Gasteiger charge is -2.20. The van der Waals surface area contributed by atoms with E-state index in [0.717, 1.165) is 6.26 Å². The van der Waals surface area contributed by atoms with Crippen molar-refractivity contribution in [2.24, 2.45) is 0 Å². The van der Waals surface area contributed by atoms with Crippen molar-refractivity contribution in [1.29, 1.82) is 0 Å².